The molecule has 0 saturated heterocycles. The van der Waals surface area contributed by atoms with Gasteiger partial charge < -0.3 is 10.3 Å². The molecular formula is C9H10N2O. The third kappa shape index (κ3) is 1.74. The lowest BCUT2D eigenvalue weighted by molar-refractivity contribution is 0.782. The summed E-state index contributed by atoms with van der Waals surface area (Å²) in [6, 6.07) is 3.18. The third-order valence-electron chi connectivity index (χ3n) is 1.54. The topological polar surface area (TPSA) is 48.0 Å². The highest BCUT2D eigenvalue weighted by molar-refractivity contribution is 5.10. The highest BCUT2D eigenvalue weighted by Gasteiger charge is 1.94. The molecule has 3 nitrogen and oxygen atoms in total. The normalized spacial score (nSPS) is 9.33. The Morgan fingerprint density at radius 1 is 1.58 bits per heavy atom. The van der Waals surface area contributed by atoms with Crippen LogP contribution in [0.3, 0.4) is 0 Å². The van der Waals surface area contributed by atoms with Crippen molar-refractivity contribution in [1.29, 1.82) is 0 Å². The smallest absolute Gasteiger partial charge is 0.251 e. The van der Waals surface area contributed by atoms with Crippen molar-refractivity contribution in [1.82, 2.24) is 4.57 Å². The van der Waals surface area contributed by atoms with Crippen LogP contribution in [0.1, 0.15) is 5.56 Å². The van der Waals surface area contributed by atoms with Crippen LogP contribution in [-0.4, -0.2) is 4.57 Å². The Morgan fingerprint density at radius 2 is 2.33 bits per heavy atom. The average Bonchev–Trinajstić information content (AvgIpc) is 2.09. The van der Waals surface area contributed by atoms with Gasteiger partial charge in [0.1, 0.15) is 0 Å². The first-order valence-electron chi connectivity index (χ1n) is 3.61. The van der Waals surface area contributed by atoms with E-state index < -0.39 is 0 Å². The Bertz CT molecular complexity index is 360. The van der Waals surface area contributed by atoms with Crippen LogP contribution in [-0.2, 0) is 13.1 Å². The number of pyridine rings is 1. The molecule has 0 aliphatic rings. The Labute approximate surface area is 70.8 Å². The fourth-order valence-corrected chi connectivity index (χ4v) is 0.924. The lowest BCUT2D eigenvalue weighted by atomic mass is 10.3. The SMILES string of the molecule is C#CCn1cc(CN)ccc1=O. The maximum atomic E-state index is 11.1. The molecule has 0 aliphatic heterocycles. The van der Waals surface area contributed by atoms with Gasteiger partial charge in [0.05, 0.1) is 6.54 Å². The van der Waals surface area contributed by atoms with Gasteiger partial charge in [-0.3, -0.25) is 4.79 Å². The minimum Gasteiger partial charge on any atom is -0.326 e. The summed E-state index contributed by atoms with van der Waals surface area (Å²) in [5.74, 6) is 2.40. The van der Waals surface area contributed by atoms with Crippen LogP contribution in [0, 0.1) is 12.3 Å². The molecule has 0 aliphatic carbocycles. The molecule has 12 heavy (non-hydrogen) atoms. The zero-order valence-electron chi connectivity index (χ0n) is 6.66. The highest BCUT2D eigenvalue weighted by atomic mass is 16.1. The molecule has 0 spiro atoms. The van der Waals surface area contributed by atoms with Gasteiger partial charge in [0.2, 0.25) is 0 Å². The summed E-state index contributed by atoms with van der Waals surface area (Å²) in [4.78, 5) is 11.1. The van der Waals surface area contributed by atoms with E-state index in [2.05, 4.69) is 5.92 Å². The second kappa shape index (κ2) is 3.74. The molecule has 62 valence electrons. The van der Waals surface area contributed by atoms with Crippen molar-refractivity contribution in [3.63, 3.8) is 0 Å². The first kappa shape index (κ1) is 8.57. The van der Waals surface area contributed by atoms with E-state index in [0.717, 1.165) is 5.56 Å². The Kier molecular flexibility index (Phi) is 2.67. The second-order valence-corrected chi connectivity index (χ2v) is 2.41. The molecule has 0 saturated carbocycles. The van der Waals surface area contributed by atoms with E-state index in [-0.39, 0.29) is 5.56 Å². The summed E-state index contributed by atoms with van der Waals surface area (Å²) in [6.45, 7) is 0.720. The van der Waals surface area contributed by atoms with Crippen LogP contribution in [0.2, 0.25) is 0 Å². The predicted octanol–water partition coefficient (Wildman–Crippen LogP) is -0.0598. The summed E-state index contributed by atoms with van der Waals surface area (Å²) in [5.41, 5.74) is 6.21. The summed E-state index contributed by atoms with van der Waals surface area (Å²) in [6.07, 6.45) is 6.76. The molecule has 0 radical (unpaired) electrons. The number of hydrogen-bond donors (Lipinski definition) is 1. The number of hydrogen-bond acceptors (Lipinski definition) is 2. The zero-order chi connectivity index (χ0) is 8.97. The van der Waals surface area contributed by atoms with Crippen LogP contribution >= 0.6 is 0 Å². The van der Waals surface area contributed by atoms with Gasteiger partial charge in [-0.2, -0.15) is 0 Å². The molecular weight excluding hydrogens is 152 g/mol. The number of rotatable bonds is 2. The molecule has 1 aromatic rings. The van der Waals surface area contributed by atoms with Gasteiger partial charge in [0.25, 0.3) is 5.56 Å². The minimum absolute atomic E-state index is 0.0925. The van der Waals surface area contributed by atoms with E-state index >= 15 is 0 Å². The molecule has 1 heterocycles. The van der Waals surface area contributed by atoms with Crippen molar-refractivity contribution in [3.8, 4) is 12.3 Å². The van der Waals surface area contributed by atoms with Crippen molar-refractivity contribution in [2.75, 3.05) is 0 Å². The zero-order valence-corrected chi connectivity index (χ0v) is 6.66. The Balaban J connectivity index is 3.10. The second-order valence-electron chi connectivity index (χ2n) is 2.41. The highest BCUT2D eigenvalue weighted by Crippen LogP contribution is 1.92. The number of nitrogens with two attached hydrogens (primary N) is 1. The number of aromatic nitrogens is 1. The Hall–Kier alpha value is -1.53. The van der Waals surface area contributed by atoms with E-state index in [1.165, 1.54) is 10.6 Å². The van der Waals surface area contributed by atoms with Crippen molar-refractivity contribution in [2.24, 2.45) is 5.73 Å². The number of terminal acetylenes is 1. The standard InChI is InChI=1S/C9H10N2O/c1-2-5-11-7-8(6-10)3-4-9(11)12/h1,3-4,7H,5-6,10H2. The monoisotopic (exact) mass is 162 g/mol. The molecule has 0 unspecified atom stereocenters. The maximum absolute atomic E-state index is 11.1. The van der Waals surface area contributed by atoms with Crippen LogP contribution in [0.5, 0.6) is 0 Å². The molecule has 3 heteroatoms. The van der Waals surface area contributed by atoms with Crippen molar-refractivity contribution < 1.29 is 0 Å². The van der Waals surface area contributed by atoms with Gasteiger partial charge in [-0.25, -0.2) is 0 Å². The predicted molar refractivity (Wildman–Crippen MR) is 47.4 cm³/mol. The third-order valence-corrected chi connectivity index (χ3v) is 1.54. The first-order chi connectivity index (χ1) is 5.77. The molecule has 0 atom stereocenters. The van der Waals surface area contributed by atoms with Gasteiger partial charge in [-0.1, -0.05) is 12.0 Å². The lowest BCUT2D eigenvalue weighted by Gasteiger charge is -2.01. The van der Waals surface area contributed by atoms with Crippen molar-refractivity contribution >= 4 is 0 Å². The van der Waals surface area contributed by atoms with Gasteiger partial charge >= 0.3 is 0 Å². The van der Waals surface area contributed by atoms with E-state index in [4.69, 9.17) is 12.2 Å². The van der Waals surface area contributed by atoms with Gasteiger partial charge in [-0.05, 0) is 5.56 Å². The van der Waals surface area contributed by atoms with Crippen LogP contribution in [0.25, 0.3) is 0 Å². The van der Waals surface area contributed by atoms with E-state index in [1.807, 2.05) is 0 Å². The van der Waals surface area contributed by atoms with Crippen LogP contribution in [0.4, 0.5) is 0 Å². The molecule has 0 amide bonds. The van der Waals surface area contributed by atoms with E-state index in [0.29, 0.717) is 13.1 Å². The summed E-state index contributed by atoms with van der Waals surface area (Å²) in [5, 5.41) is 0. The maximum Gasteiger partial charge on any atom is 0.251 e. The summed E-state index contributed by atoms with van der Waals surface area (Å²) in [7, 11) is 0. The largest absolute Gasteiger partial charge is 0.326 e. The summed E-state index contributed by atoms with van der Waals surface area (Å²) < 4.78 is 1.46. The molecule has 0 fully saturated rings. The van der Waals surface area contributed by atoms with Crippen molar-refractivity contribution in [3.05, 3.63) is 34.2 Å². The van der Waals surface area contributed by atoms with Gasteiger partial charge in [-0.15, -0.1) is 6.42 Å². The van der Waals surface area contributed by atoms with Crippen LogP contribution < -0.4 is 11.3 Å². The fraction of sp³-hybridized carbons (Fsp3) is 0.222. The molecule has 1 rings (SSSR count). The van der Waals surface area contributed by atoms with Gasteiger partial charge in [0, 0.05) is 18.8 Å². The molecule has 2 N–H and O–H groups in total. The molecule has 0 aromatic carbocycles. The quantitative estimate of drug-likeness (QED) is 0.619. The van der Waals surface area contributed by atoms with Gasteiger partial charge in [0.15, 0.2) is 0 Å². The van der Waals surface area contributed by atoms with E-state index in [1.54, 1.807) is 12.3 Å². The lowest BCUT2D eigenvalue weighted by Crippen LogP contribution is -2.19. The summed E-state index contributed by atoms with van der Waals surface area (Å²) >= 11 is 0. The Morgan fingerprint density at radius 3 is 2.92 bits per heavy atom. The van der Waals surface area contributed by atoms with Crippen molar-refractivity contribution in [2.45, 2.75) is 13.1 Å². The minimum atomic E-state index is -0.0925. The molecule has 0 bridgehead atoms. The van der Waals surface area contributed by atoms with Crippen LogP contribution in [0.15, 0.2) is 23.1 Å². The average molecular weight is 162 g/mol. The van der Waals surface area contributed by atoms with E-state index in [9.17, 15) is 4.79 Å². The molecule has 1 aromatic heterocycles. The fourth-order valence-electron chi connectivity index (χ4n) is 0.924. The first-order valence-corrected chi connectivity index (χ1v) is 3.61. The number of nitrogens with zero attached hydrogens (tertiary/aromatic N) is 1.